The van der Waals surface area contributed by atoms with E-state index in [1.165, 1.54) is 6.42 Å². The van der Waals surface area contributed by atoms with Gasteiger partial charge in [-0.25, -0.2) is 5.09 Å². The quantitative estimate of drug-likeness (QED) is 0.753. The smallest absolute Gasteiger partial charge is 0.365 e. The van der Waals surface area contributed by atoms with Gasteiger partial charge in [0.2, 0.25) is 0 Å². The number of benzene rings is 2. The molecule has 1 aliphatic carbocycles. The Bertz CT molecular complexity index is 638. The summed E-state index contributed by atoms with van der Waals surface area (Å²) >= 11 is 5.80. The maximum absolute atomic E-state index is 6.27. The Labute approximate surface area is 148 Å². The molecular weight excluding hydrogens is 339 g/mol. The largest absolute Gasteiger partial charge is 0.425 e. The second kappa shape index (κ2) is 8.13. The Hall–Kier alpha value is -1.39. The molecule has 3 rings (SSSR count). The van der Waals surface area contributed by atoms with Gasteiger partial charge in [-0.05, 0) is 37.1 Å². The van der Waals surface area contributed by atoms with Crippen molar-refractivity contribution in [3.05, 3.63) is 60.7 Å². The number of rotatable bonds is 6. The highest BCUT2D eigenvalue weighted by Gasteiger charge is 2.31. The normalized spacial score (nSPS) is 21.2. The molecule has 6 heteroatoms. The molecular formula is C18H23N2O2PS. The SMILES string of the molecule is N[C@@H]1CCCC[C@H]1NP(=S)(Oc1ccccc1)Oc1ccccc1. The Morgan fingerprint density at radius 3 is 1.88 bits per heavy atom. The lowest BCUT2D eigenvalue weighted by Gasteiger charge is -2.34. The third-order valence-corrected chi connectivity index (χ3v) is 6.39. The van der Waals surface area contributed by atoms with Gasteiger partial charge < -0.3 is 14.8 Å². The second-order valence-corrected chi connectivity index (χ2v) is 9.05. The molecule has 0 unspecified atom stereocenters. The summed E-state index contributed by atoms with van der Waals surface area (Å²) in [7, 11) is 0. The Kier molecular flexibility index (Phi) is 5.90. The summed E-state index contributed by atoms with van der Waals surface area (Å²) in [6.07, 6.45) is 4.32. The van der Waals surface area contributed by atoms with Gasteiger partial charge in [-0.15, -0.1) is 0 Å². The van der Waals surface area contributed by atoms with E-state index in [4.69, 9.17) is 26.6 Å². The van der Waals surface area contributed by atoms with Crippen molar-refractivity contribution in [1.29, 1.82) is 0 Å². The van der Waals surface area contributed by atoms with Crippen molar-refractivity contribution >= 4 is 18.4 Å². The average Bonchev–Trinajstić information content (AvgIpc) is 2.58. The zero-order valence-corrected chi connectivity index (χ0v) is 15.2. The highest BCUT2D eigenvalue weighted by molar-refractivity contribution is 8.09. The van der Waals surface area contributed by atoms with E-state index in [0.29, 0.717) is 11.5 Å². The van der Waals surface area contributed by atoms with Crippen LogP contribution in [-0.2, 0) is 11.8 Å². The van der Waals surface area contributed by atoms with E-state index < -0.39 is 6.64 Å². The lowest BCUT2D eigenvalue weighted by molar-refractivity contribution is 0.347. The van der Waals surface area contributed by atoms with E-state index in [2.05, 4.69) is 5.09 Å². The average molecular weight is 362 g/mol. The van der Waals surface area contributed by atoms with Gasteiger partial charge in [-0.1, -0.05) is 49.2 Å². The summed E-state index contributed by atoms with van der Waals surface area (Å²) in [4.78, 5) is 0. The lowest BCUT2D eigenvalue weighted by atomic mass is 9.92. The van der Waals surface area contributed by atoms with E-state index in [0.717, 1.165) is 19.3 Å². The fourth-order valence-electron chi connectivity index (χ4n) is 2.83. The summed E-state index contributed by atoms with van der Waals surface area (Å²) in [6, 6.07) is 19.3. The highest BCUT2D eigenvalue weighted by Crippen LogP contribution is 2.46. The predicted octanol–water partition coefficient (Wildman–Crippen LogP) is 4.23. The summed E-state index contributed by atoms with van der Waals surface area (Å²) in [5.41, 5.74) is 6.27. The van der Waals surface area contributed by atoms with Gasteiger partial charge in [-0.3, -0.25) is 0 Å². The van der Waals surface area contributed by atoms with Crippen molar-refractivity contribution in [1.82, 2.24) is 5.09 Å². The molecule has 0 heterocycles. The van der Waals surface area contributed by atoms with Gasteiger partial charge in [-0.2, -0.15) is 0 Å². The molecule has 128 valence electrons. The van der Waals surface area contributed by atoms with E-state index in [1.54, 1.807) is 0 Å². The number of nitrogens with two attached hydrogens (primary N) is 1. The van der Waals surface area contributed by atoms with Crippen LogP contribution in [0.3, 0.4) is 0 Å². The van der Waals surface area contributed by atoms with Crippen molar-refractivity contribution in [3.63, 3.8) is 0 Å². The van der Waals surface area contributed by atoms with Crippen molar-refractivity contribution in [2.75, 3.05) is 0 Å². The van der Waals surface area contributed by atoms with Crippen LogP contribution in [0.15, 0.2) is 60.7 Å². The Balaban J connectivity index is 1.80. The Morgan fingerprint density at radius 1 is 0.875 bits per heavy atom. The summed E-state index contributed by atoms with van der Waals surface area (Å²) in [5, 5.41) is 3.44. The minimum absolute atomic E-state index is 0.0832. The van der Waals surface area contributed by atoms with Crippen LogP contribution in [0.1, 0.15) is 25.7 Å². The van der Waals surface area contributed by atoms with E-state index >= 15 is 0 Å². The van der Waals surface area contributed by atoms with Crippen LogP contribution in [0.2, 0.25) is 0 Å². The van der Waals surface area contributed by atoms with Gasteiger partial charge in [0.25, 0.3) is 0 Å². The number of nitrogens with one attached hydrogen (secondary N) is 1. The van der Waals surface area contributed by atoms with Crippen molar-refractivity contribution in [2.45, 2.75) is 37.8 Å². The molecule has 1 saturated carbocycles. The van der Waals surface area contributed by atoms with Crippen LogP contribution in [-0.4, -0.2) is 12.1 Å². The van der Waals surface area contributed by atoms with E-state index in [9.17, 15) is 0 Å². The molecule has 4 nitrogen and oxygen atoms in total. The predicted molar refractivity (Wildman–Crippen MR) is 102 cm³/mol. The molecule has 0 radical (unpaired) electrons. The monoisotopic (exact) mass is 362 g/mol. The molecule has 0 spiro atoms. The van der Waals surface area contributed by atoms with E-state index in [1.807, 2.05) is 60.7 Å². The van der Waals surface area contributed by atoms with Gasteiger partial charge in [0, 0.05) is 23.9 Å². The summed E-state index contributed by atoms with van der Waals surface area (Å²) < 4.78 is 12.2. The van der Waals surface area contributed by atoms with Crippen molar-refractivity contribution < 1.29 is 9.05 Å². The third-order valence-electron chi connectivity index (χ3n) is 4.08. The van der Waals surface area contributed by atoms with Crippen molar-refractivity contribution in [2.24, 2.45) is 5.73 Å². The maximum atomic E-state index is 6.27. The van der Waals surface area contributed by atoms with Crippen LogP contribution in [0.5, 0.6) is 11.5 Å². The van der Waals surface area contributed by atoms with E-state index in [-0.39, 0.29) is 12.1 Å². The van der Waals surface area contributed by atoms with Gasteiger partial charge in [0.1, 0.15) is 11.5 Å². The molecule has 1 aliphatic rings. The highest BCUT2D eigenvalue weighted by atomic mass is 32.5. The molecule has 2 aromatic rings. The first-order valence-corrected chi connectivity index (χ1v) is 10.9. The fourth-order valence-corrected chi connectivity index (χ4v) is 5.43. The molecule has 0 bridgehead atoms. The zero-order chi connectivity index (χ0) is 16.8. The lowest BCUT2D eigenvalue weighted by Crippen LogP contribution is -2.46. The van der Waals surface area contributed by atoms with Gasteiger partial charge >= 0.3 is 6.64 Å². The first-order chi connectivity index (χ1) is 11.6. The second-order valence-electron chi connectivity index (χ2n) is 5.99. The first-order valence-electron chi connectivity index (χ1n) is 8.27. The third kappa shape index (κ3) is 4.81. The van der Waals surface area contributed by atoms with Crippen molar-refractivity contribution in [3.8, 4) is 11.5 Å². The van der Waals surface area contributed by atoms with Crippen LogP contribution < -0.4 is 19.9 Å². The molecule has 0 aromatic heterocycles. The zero-order valence-electron chi connectivity index (χ0n) is 13.5. The number of hydrogen-bond donors (Lipinski definition) is 2. The topological polar surface area (TPSA) is 56.5 Å². The van der Waals surface area contributed by atoms with Crippen LogP contribution >= 0.6 is 6.64 Å². The van der Waals surface area contributed by atoms with Crippen LogP contribution in [0.4, 0.5) is 0 Å². The minimum atomic E-state index is -2.77. The molecule has 2 atom stereocenters. The first kappa shape index (κ1) is 17.4. The standard InChI is InChI=1S/C18H23N2O2PS/c19-17-13-7-8-14-18(17)20-23(24,21-15-9-3-1-4-10-15)22-16-11-5-2-6-12-16/h1-6,9-12,17-18H,7-8,13-14,19H2,(H,20,24)/t17-,18-/m1/s1. The number of hydrogen-bond acceptors (Lipinski definition) is 4. The molecule has 0 aliphatic heterocycles. The summed E-state index contributed by atoms with van der Waals surface area (Å²) in [6.45, 7) is -2.77. The van der Waals surface area contributed by atoms with Crippen LogP contribution in [0, 0.1) is 0 Å². The molecule has 0 amide bonds. The number of para-hydroxylation sites is 2. The molecule has 3 N–H and O–H groups in total. The fraction of sp³-hybridized carbons (Fsp3) is 0.333. The minimum Gasteiger partial charge on any atom is -0.425 e. The molecule has 1 fully saturated rings. The Morgan fingerprint density at radius 2 is 1.38 bits per heavy atom. The van der Waals surface area contributed by atoms with Gasteiger partial charge in [0.05, 0.1) is 0 Å². The maximum Gasteiger partial charge on any atom is 0.365 e. The molecule has 0 saturated heterocycles. The van der Waals surface area contributed by atoms with Gasteiger partial charge in [0.15, 0.2) is 0 Å². The molecule has 24 heavy (non-hydrogen) atoms. The van der Waals surface area contributed by atoms with Crippen LogP contribution in [0.25, 0.3) is 0 Å². The molecule has 2 aromatic carbocycles. The summed E-state index contributed by atoms with van der Waals surface area (Å²) in [5.74, 6) is 1.40.